The number of ether oxygens (including phenoxy) is 1. The van der Waals surface area contributed by atoms with Crippen LogP contribution in [0.3, 0.4) is 0 Å². The van der Waals surface area contributed by atoms with Crippen LogP contribution in [0.5, 0.6) is 5.75 Å². The first-order chi connectivity index (χ1) is 10.7. The molecule has 0 fully saturated rings. The predicted octanol–water partition coefficient (Wildman–Crippen LogP) is 4.87. The molecule has 3 nitrogen and oxygen atoms in total. The topological polar surface area (TPSA) is 38.3 Å². The quantitative estimate of drug-likeness (QED) is 0.825. The van der Waals surface area contributed by atoms with Gasteiger partial charge in [-0.3, -0.25) is 4.79 Å². The Morgan fingerprint density at radius 2 is 1.95 bits per heavy atom. The molecule has 0 spiro atoms. The summed E-state index contributed by atoms with van der Waals surface area (Å²) in [6.07, 6.45) is 1.72. The van der Waals surface area contributed by atoms with Crippen LogP contribution in [0.1, 0.15) is 31.2 Å². The van der Waals surface area contributed by atoms with Gasteiger partial charge in [-0.15, -0.1) is 0 Å². The van der Waals surface area contributed by atoms with E-state index in [4.69, 9.17) is 16.3 Å². The molecule has 0 aliphatic rings. The SMILES string of the molecule is CCC[C@H](C(=O)Nc1cc(Cl)ccc1OC)c1ccccc1. The largest absolute Gasteiger partial charge is 0.495 e. The molecule has 22 heavy (non-hydrogen) atoms. The van der Waals surface area contributed by atoms with E-state index in [-0.39, 0.29) is 11.8 Å². The summed E-state index contributed by atoms with van der Waals surface area (Å²) in [5, 5.41) is 3.50. The van der Waals surface area contributed by atoms with Gasteiger partial charge in [0.1, 0.15) is 5.75 Å². The number of hydrogen-bond donors (Lipinski definition) is 1. The average molecular weight is 318 g/mol. The number of hydrogen-bond acceptors (Lipinski definition) is 2. The lowest BCUT2D eigenvalue weighted by molar-refractivity contribution is -0.117. The Morgan fingerprint density at radius 3 is 2.59 bits per heavy atom. The third-order valence-electron chi connectivity index (χ3n) is 3.52. The number of halogens is 1. The predicted molar refractivity (Wildman–Crippen MR) is 90.7 cm³/mol. The van der Waals surface area contributed by atoms with Gasteiger partial charge in [-0.05, 0) is 30.2 Å². The number of amides is 1. The summed E-state index contributed by atoms with van der Waals surface area (Å²) >= 11 is 6.01. The monoisotopic (exact) mass is 317 g/mol. The summed E-state index contributed by atoms with van der Waals surface area (Å²) in [5.74, 6) is 0.365. The van der Waals surface area contributed by atoms with Crippen molar-refractivity contribution in [2.45, 2.75) is 25.7 Å². The smallest absolute Gasteiger partial charge is 0.232 e. The Bertz CT molecular complexity index is 628. The molecule has 0 aliphatic carbocycles. The van der Waals surface area contributed by atoms with Crippen molar-refractivity contribution in [1.82, 2.24) is 0 Å². The number of benzene rings is 2. The summed E-state index contributed by atoms with van der Waals surface area (Å²) in [4.78, 5) is 12.7. The van der Waals surface area contributed by atoms with Crippen molar-refractivity contribution in [3.05, 3.63) is 59.1 Å². The van der Waals surface area contributed by atoms with Gasteiger partial charge in [-0.1, -0.05) is 55.3 Å². The van der Waals surface area contributed by atoms with Crippen LogP contribution in [0, 0.1) is 0 Å². The van der Waals surface area contributed by atoms with E-state index in [1.807, 2.05) is 30.3 Å². The fraction of sp³-hybridized carbons (Fsp3) is 0.278. The Kier molecular flexibility index (Phi) is 5.84. The average Bonchev–Trinajstić information content (AvgIpc) is 2.53. The van der Waals surface area contributed by atoms with Crippen molar-refractivity contribution < 1.29 is 9.53 Å². The molecule has 1 atom stereocenters. The molecule has 1 N–H and O–H groups in total. The Labute approximate surface area is 136 Å². The van der Waals surface area contributed by atoms with E-state index in [0.717, 1.165) is 18.4 Å². The standard InChI is InChI=1S/C18H20ClNO2/c1-3-7-15(13-8-5-4-6-9-13)18(21)20-16-12-14(19)10-11-17(16)22-2/h4-6,8-12,15H,3,7H2,1-2H3,(H,20,21)/t15-/m0/s1. The van der Waals surface area contributed by atoms with Crippen molar-refractivity contribution in [3.63, 3.8) is 0 Å². The van der Waals surface area contributed by atoms with Crippen molar-refractivity contribution in [2.24, 2.45) is 0 Å². The van der Waals surface area contributed by atoms with E-state index in [1.165, 1.54) is 0 Å². The second-order valence-corrected chi connectivity index (χ2v) is 5.52. The lowest BCUT2D eigenvalue weighted by atomic mass is 9.93. The van der Waals surface area contributed by atoms with E-state index >= 15 is 0 Å². The van der Waals surface area contributed by atoms with Gasteiger partial charge in [0, 0.05) is 5.02 Å². The summed E-state index contributed by atoms with van der Waals surface area (Å²) in [6, 6.07) is 15.0. The highest BCUT2D eigenvalue weighted by atomic mass is 35.5. The minimum Gasteiger partial charge on any atom is -0.495 e. The molecular weight excluding hydrogens is 298 g/mol. The molecule has 0 saturated carbocycles. The number of methoxy groups -OCH3 is 1. The first-order valence-corrected chi connectivity index (χ1v) is 7.72. The van der Waals surface area contributed by atoms with Crippen LogP contribution in [0.2, 0.25) is 5.02 Å². The zero-order valence-electron chi connectivity index (χ0n) is 12.8. The van der Waals surface area contributed by atoms with Crippen LogP contribution >= 0.6 is 11.6 Å². The summed E-state index contributed by atoms with van der Waals surface area (Å²) in [6.45, 7) is 2.07. The number of nitrogens with one attached hydrogen (secondary N) is 1. The van der Waals surface area contributed by atoms with E-state index in [0.29, 0.717) is 16.5 Å². The van der Waals surface area contributed by atoms with Gasteiger partial charge in [0.05, 0.1) is 18.7 Å². The van der Waals surface area contributed by atoms with Crippen LogP contribution in [0.4, 0.5) is 5.69 Å². The molecule has 1 amide bonds. The van der Waals surface area contributed by atoms with Gasteiger partial charge >= 0.3 is 0 Å². The van der Waals surface area contributed by atoms with Crippen LogP contribution in [0.15, 0.2) is 48.5 Å². The van der Waals surface area contributed by atoms with E-state index in [1.54, 1.807) is 25.3 Å². The molecule has 2 rings (SSSR count). The van der Waals surface area contributed by atoms with Gasteiger partial charge in [-0.25, -0.2) is 0 Å². The number of carbonyl (C=O) groups excluding carboxylic acids is 1. The molecule has 116 valence electrons. The molecule has 0 bridgehead atoms. The zero-order valence-corrected chi connectivity index (χ0v) is 13.6. The highest BCUT2D eigenvalue weighted by molar-refractivity contribution is 6.31. The lowest BCUT2D eigenvalue weighted by Crippen LogP contribution is -2.21. The Morgan fingerprint density at radius 1 is 1.23 bits per heavy atom. The van der Waals surface area contributed by atoms with Gasteiger partial charge in [0.15, 0.2) is 0 Å². The van der Waals surface area contributed by atoms with E-state index in [2.05, 4.69) is 12.2 Å². The van der Waals surface area contributed by atoms with Crippen molar-refractivity contribution in [2.75, 3.05) is 12.4 Å². The maximum absolute atomic E-state index is 12.7. The van der Waals surface area contributed by atoms with Crippen molar-refractivity contribution in [1.29, 1.82) is 0 Å². The molecule has 2 aromatic rings. The van der Waals surface area contributed by atoms with Gasteiger partial charge in [-0.2, -0.15) is 0 Å². The number of anilines is 1. The minimum atomic E-state index is -0.185. The molecule has 0 aliphatic heterocycles. The molecule has 0 unspecified atom stereocenters. The molecule has 0 heterocycles. The van der Waals surface area contributed by atoms with E-state index in [9.17, 15) is 4.79 Å². The molecule has 2 aromatic carbocycles. The summed E-state index contributed by atoms with van der Waals surface area (Å²) < 4.78 is 5.27. The van der Waals surface area contributed by atoms with Crippen LogP contribution in [-0.2, 0) is 4.79 Å². The van der Waals surface area contributed by atoms with Gasteiger partial charge in [0.25, 0.3) is 0 Å². The van der Waals surface area contributed by atoms with Crippen LogP contribution in [-0.4, -0.2) is 13.0 Å². The summed E-state index contributed by atoms with van der Waals surface area (Å²) in [5.41, 5.74) is 1.61. The highest BCUT2D eigenvalue weighted by Gasteiger charge is 2.20. The highest BCUT2D eigenvalue weighted by Crippen LogP contribution is 2.30. The molecule has 0 saturated heterocycles. The van der Waals surface area contributed by atoms with Crippen LogP contribution in [0.25, 0.3) is 0 Å². The maximum atomic E-state index is 12.7. The second kappa shape index (κ2) is 7.85. The molecule has 0 radical (unpaired) electrons. The van der Waals surface area contributed by atoms with Crippen molar-refractivity contribution in [3.8, 4) is 5.75 Å². The minimum absolute atomic E-state index is 0.0476. The second-order valence-electron chi connectivity index (χ2n) is 5.09. The first-order valence-electron chi connectivity index (χ1n) is 7.35. The van der Waals surface area contributed by atoms with Crippen LogP contribution < -0.4 is 10.1 Å². The van der Waals surface area contributed by atoms with Crippen molar-refractivity contribution >= 4 is 23.2 Å². The fourth-order valence-corrected chi connectivity index (χ4v) is 2.59. The molecule has 0 aromatic heterocycles. The molecule has 4 heteroatoms. The maximum Gasteiger partial charge on any atom is 0.232 e. The normalized spacial score (nSPS) is 11.8. The third kappa shape index (κ3) is 4.01. The number of carbonyl (C=O) groups is 1. The summed E-state index contributed by atoms with van der Waals surface area (Å²) in [7, 11) is 1.57. The first kappa shape index (κ1) is 16.4. The Hall–Kier alpha value is -2.00. The fourth-order valence-electron chi connectivity index (χ4n) is 2.42. The third-order valence-corrected chi connectivity index (χ3v) is 3.75. The van der Waals surface area contributed by atoms with Gasteiger partial charge < -0.3 is 10.1 Å². The zero-order chi connectivity index (χ0) is 15.9. The van der Waals surface area contributed by atoms with Gasteiger partial charge in [0.2, 0.25) is 5.91 Å². The Balaban J connectivity index is 2.24. The lowest BCUT2D eigenvalue weighted by Gasteiger charge is -2.18. The van der Waals surface area contributed by atoms with E-state index < -0.39 is 0 Å². The molecular formula is C18H20ClNO2. The number of rotatable bonds is 6.